The van der Waals surface area contributed by atoms with Gasteiger partial charge in [-0.25, -0.2) is 13.8 Å². The summed E-state index contributed by atoms with van der Waals surface area (Å²) in [5.41, 5.74) is 0.730. The van der Waals surface area contributed by atoms with Crippen molar-refractivity contribution in [3.05, 3.63) is 66.8 Å². The highest BCUT2D eigenvalue weighted by Gasteiger charge is 2.29. The smallest absolute Gasteiger partial charge is 0.405 e. The quantitative estimate of drug-likeness (QED) is 0.155. The summed E-state index contributed by atoms with van der Waals surface area (Å²) in [4.78, 5) is 29.7. The fraction of sp³-hybridized carbons (Fsp3) is 0.240. The van der Waals surface area contributed by atoms with Gasteiger partial charge in [0.25, 0.3) is 18.2 Å². The summed E-state index contributed by atoms with van der Waals surface area (Å²) in [6.07, 6.45) is -7.60. The molecule has 0 aliphatic carbocycles. The van der Waals surface area contributed by atoms with Crippen LogP contribution in [0.15, 0.2) is 36.4 Å². The first kappa shape index (κ1) is 31.6. The molecule has 0 saturated heterocycles. The number of hydrogen-bond donors (Lipinski definition) is 3. The van der Waals surface area contributed by atoms with Crippen LogP contribution in [0.4, 0.5) is 33.6 Å². The topological polar surface area (TPSA) is 97.3 Å². The number of aromatic nitrogens is 2. The molecule has 0 aliphatic rings. The molecule has 0 aliphatic heterocycles. The van der Waals surface area contributed by atoms with Crippen molar-refractivity contribution in [2.75, 3.05) is 18.5 Å². The molecule has 2 heterocycles. The van der Waals surface area contributed by atoms with Gasteiger partial charge in [0.15, 0.2) is 0 Å². The van der Waals surface area contributed by atoms with E-state index >= 15 is 0 Å². The lowest BCUT2D eigenvalue weighted by Gasteiger charge is -2.14. The van der Waals surface area contributed by atoms with E-state index in [9.17, 15) is 31.5 Å². The number of alkyl halides is 5. The van der Waals surface area contributed by atoms with Gasteiger partial charge in [0.1, 0.15) is 18.9 Å². The summed E-state index contributed by atoms with van der Waals surface area (Å²) in [7, 11) is 1.55. The lowest BCUT2D eigenvalue weighted by molar-refractivity contribution is -0.123. The van der Waals surface area contributed by atoms with Gasteiger partial charge in [0, 0.05) is 19.7 Å². The highest BCUT2D eigenvalue weighted by molar-refractivity contribution is 7.18. The second kappa shape index (κ2) is 12.9. The molecule has 2 aromatic heterocycles. The third-order valence-electron chi connectivity index (χ3n) is 5.69. The van der Waals surface area contributed by atoms with Crippen LogP contribution in [0.3, 0.4) is 0 Å². The van der Waals surface area contributed by atoms with E-state index in [1.54, 1.807) is 36.6 Å². The Labute approximate surface area is 253 Å². The maximum absolute atomic E-state index is 12.8. The van der Waals surface area contributed by atoms with Crippen molar-refractivity contribution in [3.63, 3.8) is 0 Å². The van der Waals surface area contributed by atoms with E-state index in [4.69, 9.17) is 39.5 Å². The van der Waals surface area contributed by atoms with Crippen LogP contribution in [0.5, 0.6) is 5.75 Å². The molecule has 42 heavy (non-hydrogen) atoms. The van der Waals surface area contributed by atoms with E-state index in [1.807, 2.05) is 0 Å². The largest absolute Gasteiger partial charge is 0.487 e. The maximum atomic E-state index is 12.8. The van der Waals surface area contributed by atoms with Crippen molar-refractivity contribution in [2.45, 2.75) is 19.1 Å². The van der Waals surface area contributed by atoms with Crippen LogP contribution in [-0.4, -0.2) is 47.1 Å². The molecule has 0 atom stereocenters. The van der Waals surface area contributed by atoms with Crippen molar-refractivity contribution < 1.29 is 36.3 Å². The second-order valence-electron chi connectivity index (χ2n) is 8.64. The van der Waals surface area contributed by atoms with E-state index < -0.39 is 37.2 Å². The minimum Gasteiger partial charge on any atom is -0.487 e. The van der Waals surface area contributed by atoms with Crippen LogP contribution >= 0.6 is 46.1 Å². The van der Waals surface area contributed by atoms with Crippen LogP contribution in [0.25, 0.3) is 11.0 Å². The number of amides is 2. The summed E-state index contributed by atoms with van der Waals surface area (Å²) in [5.74, 6) is -1.78. The van der Waals surface area contributed by atoms with Gasteiger partial charge in [-0.3, -0.25) is 9.59 Å². The lowest BCUT2D eigenvalue weighted by Crippen LogP contribution is -2.34. The molecule has 0 saturated carbocycles. The third kappa shape index (κ3) is 7.54. The number of nitrogens with one attached hydrogen (secondary N) is 3. The number of hydrogen-bond acceptors (Lipinski definition) is 6. The zero-order chi connectivity index (χ0) is 30.8. The van der Waals surface area contributed by atoms with Gasteiger partial charge >= 0.3 is 6.18 Å². The van der Waals surface area contributed by atoms with Gasteiger partial charge in [-0.2, -0.15) is 13.2 Å². The summed E-state index contributed by atoms with van der Waals surface area (Å²) in [6.45, 7) is -2.69. The average Bonchev–Trinajstić information content (AvgIpc) is 3.49. The number of carbonyl (C=O) groups excluding carboxylic acids is 2. The number of carbonyl (C=O) groups is 2. The summed E-state index contributed by atoms with van der Waals surface area (Å²) in [6, 6.07) is 8.68. The van der Waals surface area contributed by atoms with E-state index in [1.165, 1.54) is 10.6 Å². The monoisotopic (exact) mass is 669 g/mol. The summed E-state index contributed by atoms with van der Waals surface area (Å²) < 4.78 is 70.6. The zero-order valence-electron chi connectivity index (χ0n) is 21.2. The number of fused-ring (bicyclic) bond motifs is 1. The van der Waals surface area contributed by atoms with Crippen molar-refractivity contribution in [2.24, 2.45) is 7.05 Å². The van der Waals surface area contributed by atoms with Gasteiger partial charge in [-0.1, -0.05) is 40.9 Å². The number of imidazole rings is 1. The highest BCUT2D eigenvalue weighted by atomic mass is 35.5. The minimum absolute atomic E-state index is 0.0445. The number of rotatable bonds is 10. The Balaban J connectivity index is 1.63. The fourth-order valence-electron chi connectivity index (χ4n) is 3.71. The lowest BCUT2D eigenvalue weighted by atomic mass is 10.1. The van der Waals surface area contributed by atoms with Crippen molar-refractivity contribution in [1.82, 2.24) is 20.2 Å². The maximum Gasteiger partial charge on any atom is 0.405 e. The Morgan fingerprint density at radius 3 is 2.45 bits per heavy atom. The molecule has 4 aromatic rings. The normalized spacial score (nSPS) is 11.7. The average molecular weight is 671 g/mol. The second-order valence-corrected chi connectivity index (χ2v) is 11.1. The van der Waals surface area contributed by atoms with E-state index in [-0.39, 0.29) is 45.4 Å². The Morgan fingerprint density at radius 2 is 1.81 bits per heavy atom. The fourth-order valence-corrected chi connectivity index (χ4v) is 5.21. The molecule has 4 rings (SSSR count). The van der Waals surface area contributed by atoms with Crippen molar-refractivity contribution in [1.29, 1.82) is 0 Å². The Bertz CT molecular complexity index is 1640. The molecule has 0 radical (unpaired) electrons. The van der Waals surface area contributed by atoms with Crippen LogP contribution in [0, 0.1) is 0 Å². The first-order valence-electron chi connectivity index (χ1n) is 11.8. The molecule has 0 spiro atoms. The molecule has 17 heteroatoms. The first-order valence-corrected chi connectivity index (χ1v) is 13.7. The number of aryl methyl sites for hydroxylation is 1. The third-order valence-corrected chi connectivity index (χ3v) is 7.66. The number of ether oxygens (including phenoxy) is 1. The summed E-state index contributed by atoms with van der Waals surface area (Å²) in [5, 5.41) is 7.76. The van der Waals surface area contributed by atoms with E-state index in [2.05, 4.69) is 15.6 Å². The Kier molecular flexibility index (Phi) is 9.70. The molecule has 0 unspecified atom stereocenters. The van der Waals surface area contributed by atoms with Crippen LogP contribution in [-0.2, 0) is 13.6 Å². The summed E-state index contributed by atoms with van der Waals surface area (Å²) >= 11 is 20.0. The molecule has 0 bridgehead atoms. The number of benzene rings is 2. The minimum atomic E-state index is -4.70. The Hall–Kier alpha value is -3.33. The number of halogens is 8. The molecule has 2 amide bonds. The van der Waals surface area contributed by atoms with Gasteiger partial charge in [-0.05, 0) is 29.8 Å². The predicted octanol–water partition coefficient (Wildman–Crippen LogP) is 7.20. The zero-order valence-corrected chi connectivity index (χ0v) is 24.3. The predicted molar refractivity (Wildman–Crippen MR) is 151 cm³/mol. The molecular weight excluding hydrogens is 652 g/mol. The van der Waals surface area contributed by atoms with Gasteiger partial charge < -0.3 is 25.3 Å². The number of nitrogens with zero attached hydrogens (tertiary/aromatic N) is 2. The van der Waals surface area contributed by atoms with Gasteiger partial charge in [-0.15, -0.1) is 11.3 Å². The molecule has 0 fully saturated rings. The standard InChI is InChI=1S/C25H19Cl3F5N5O3S/c1-38-15-7-16(41-9-19(29)30)12(22(39)35-10-25(31,32)33)6-14(15)36-24(38)37-21-13(26)3-2-11(20(21)28)8-34-23(40)17-4-5-18(27)42-17/h2-7,19H,8-10H2,1H3,(H,34,40)(H,35,39)(H,36,37). The SMILES string of the molecule is Cn1c(Nc2c(Cl)ccc(CNC(=O)c3ccc(Cl)s3)c2Cl)nc2cc(C(=O)NCC(F)(F)F)c(OCC(F)F)cc21. The number of thiophene rings is 1. The molecule has 3 N–H and O–H groups in total. The molecule has 2 aromatic carbocycles. The van der Waals surface area contributed by atoms with E-state index in [0.29, 0.717) is 20.3 Å². The van der Waals surface area contributed by atoms with Crippen LogP contribution in [0.1, 0.15) is 25.6 Å². The van der Waals surface area contributed by atoms with E-state index in [0.717, 1.165) is 17.4 Å². The Morgan fingerprint density at radius 1 is 1.07 bits per heavy atom. The highest BCUT2D eigenvalue weighted by Crippen LogP contribution is 2.37. The van der Waals surface area contributed by atoms with Crippen molar-refractivity contribution >= 4 is 80.6 Å². The first-order chi connectivity index (χ1) is 19.7. The van der Waals surface area contributed by atoms with Gasteiger partial charge in [0.2, 0.25) is 5.95 Å². The van der Waals surface area contributed by atoms with Crippen LogP contribution < -0.4 is 20.7 Å². The molecule has 8 nitrogen and oxygen atoms in total. The van der Waals surface area contributed by atoms with Crippen molar-refractivity contribution in [3.8, 4) is 5.75 Å². The van der Waals surface area contributed by atoms with Crippen LogP contribution in [0.2, 0.25) is 14.4 Å². The van der Waals surface area contributed by atoms with Gasteiger partial charge in [0.05, 0.1) is 41.5 Å². The molecular formula is C25H19Cl3F5N5O3S. The number of anilines is 2. The molecule has 224 valence electrons.